The third-order valence-corrected chi connectivity index (χ3v) is 2.63. The molecule has 120 valence electrons. The van der Waals surface area contributed by atoms with Gasteiger partial charge in [-0.05, 0) is 12.8 Å². The van der Waals surface area contributed by atoms with Crippen molar-refractivity contribution in [3.05, 3.63) is 0 Å². The molecule has 0 unspecified atom stereocenters. The Kier molecular flexibility index (Phi) is 7.99. The van der Waals surface area contributed by atoms with Gasteiger partial charge in [0.1, 0.15) is 12.1 Å². The monoisotopic (exact) mass is 302 g/mol. The van der Waals surface area contributed by atoms with E-state index >= 15 is 0 Å². The van der Waals surface area contributed by atoms with E-state index in [4.69, 9.17) is 10.8 Å². The maximum atomic E-state index is 11.9. The van der Waals surface area contributed by atoms with E-state index in [0.717, 1.165) is 0 Å². The Balaban J connectivity index is 4.55. The average Bonchev–Trinajstić information content (AvgIpc) is 2.41. The fourth-order valence-corrected chi connectivity index (χ4v) is 1.38. The summed E-state index contributed by atoms with van der Waals surface area (Å²) in [6, 6.07) is -1.96. The number of aliphatic carboxylic acids is 1. The van der Waals surface area contributed by atoms with Crippen LogP contribution in [0.25, 0.3) is 0 Å². The summed E-state index contributed by atoms with van der Waals surface area (Å²) in [5.41, 5.74) is 5.08. The van der Waals surface area contributed by atoms with Crippen LogP contribution in [0.15, 0.2) is 0 Å². The van der Waals surface area contributed by atoms with Crippen LogP contribution in [0.1, 0.15) is 20.8 Å². The molecule has 3 amide bonds. The molecule has 0 aromatic rings. The molecule has 0 saturated carbocycles. The molecule has 2 atom stereocenters. The van der Waals surface area contributed by atoms with Gasteiger partial charge in [0, 0.05) is 0 Å². The van der Waals surface area contributed by atoms with Gasteiger partial charge < -0.3 is 26.8 Å². The lowest BCUT2D eigenvalue weighted by molar-refractivity contribution is -0.142. The Morgan fingerprint density at radius 1 is 1.05 bits per heavy atom. The minimum Gasteiger partial charge on any atom is -0.480 e. The zero-order valence-electron chi connectivity index (χ0n) is 12.3. The van der Waals surface area contributed by atoms with E-state index in [9.17, 15) is 19.2 Å². The van der Waals surface area contributed by atoms with E-state index in [2.05, 4.69) is 16.0 Å². The zero-order valence-corrected chi connectivity index (χ0v) is 12.3. The molecular weight excluding hydrogens is 280 g/mol. The third kappa shape index (κ3) is 7.25. The molecule has 0 aromatic carbocycles. The van der Waals surface area contributed by atoms with Crippen molar-refractivity contribution in [2.45, 2.75) is 32.9 Å². The second-order valence-corrected chi connectivity index (χ2v) is 4.84. The van der Waals surface area contributed by atoms with Crippen LogP contribution in [-0.4, -0.2) is 54.0 Å². The van der Waals surface area contributed by atoms with Crippen LogP contribution in [0.5, 0.6) is 0 Å². The number of nitrogens with one attached hydrogen (secondary N) is 3. The first kappa shape index (κ1) is 18.8. The summed E-state index contributed by atoms with van der Waals surface area (Å²) in [4.78, 5) is 45.2. The molecule has 9 nitrogen and oxygen atoms in total. The SMILES string of the molecule is CC(C)[C@H](NC(=O)CNC(=O)CN)C(=O)N[C@@H](C)C(=O)O. The van der Waals surface area contributed by atoms with E-state index in [0.29, 0.717) is 0 Å². The van der Waals surface area contributed by atoms with Crippen molar-refractivity contribution < 1.29 is 24.3 Å². The first-order chi connectivity index (χ1) is 9.68. The highest BCUT2D eigenvalue weighted by Crippen LogP contribution is 2.02. The van der Waals surface area contributed by atoms with E-state index in [1.807, 2.05) is 0 Å². The minimum atomic E-state index is -1.17. The number of hydrogen-bond acceptors (Lipinski definition) is 5. The van der Waals surface area contributed by atoms with Gasteiger partial charge >= 0.3 is 5.97 Å². The summed E-state index contributed by atoms with van der Waals surface area (Å²) in [5.74, 6) is -3.07. The van der Waals surface area contributed by atoms with Gasteiger partial charge in [-0.3, -0.25) is 19.2 Å². The molecular formula is C12H22N4O5. The van der Waals surface area contributed by atoms with Gasteiger partial charge in [0.05, 0.1) is 13.1 Å². The van der Waals surface area contributed by atoms with Crippen molar-refractivity contribution in [2.75, 3.05) is 13.1 Å². The number of carboxylic acid groups (broad SMARTS) is 1. The first-order valence-corrected chi connectivity index (χ1v) is 6.48. The number of nitrogens with two attached hydrogens (primary N) is 1. The predicted molar refractivity (Wildman–Crippen MR) is 74.1 cm³/mol. The van der Waals surface area contributed by atoms with E-state index in [1.54, 1.807) is 13.8 Å². The Morgan fingerprint density at radius 2 is 1.62 bits per heavy atom. The van der Waals surface area contributed by atoms with Crippen molar-refractivity contribution in [2.24, 2.45) is 11.7 Å². The number of carbonyl (C=O) groups excluding carboxylic acids is 3. The Hall–Kier alpha value is -2.16. The fraction of sp³-hybridized carbons (Fsp3) is 0.667. The van der Waals surface area contributed by atoms with Crippen LogP contribution < -0.4 is 21.7 Å². The highest BCUT2D eigenvalue weighted by atomic mass is 16.4. The average molecular weight is 302 g/mol. The summed E-state index contributed by atoms with van der Waals surface area (Å²) in [6.45, 7) is 4.18. The lowest BCUT2D eigenvalue weighted by atomic mass is 10.0. The van der Waals surface area contributed by atoms with Crippen LogP contribution >= 0.6 is 0 Å². The molecule has 0 aliphatic rings. The van der Waals surface area contributed by atoms with E-state index < -0.39 is 35.8 Å². The van der Waals surface area contributed by atoms with Gasteiger partial charge in [0.15, 0.2) is 0 Å². The molecule has 0 aliphatic carbocycles. The predicted octanol–water partition coefficient (Wildman–Crippen LogP) is -2.21. The second-order valence-electron chi connectivity index (χ2n) is 4.84. The molecule has 0 aromatic heterocycles. The van der Waals surface area contributed by atoms with Gasteiger partial charge in [-0.25, -0.2) is 0 Å². The molecule has 0 aliphatic heterocycles. The van der Waals surface area contributed by atoms with Gasteiger partial charge in [0.25, 0.3) is 0 Å². The van der Waals surface area contributed by atoms with Crippen molar-refractivity contribution in [3.8, 4) is 0 Å². The highest BCUT2D eigenvalue weighted by molar-refractivity contribution is 5.92. The van der Waals surface area contributed by atoms with Crippen LogP contribution in [0, 0.1) is 5.92 Å². The maximum Gasteiger partial charge on any atom is 0.325 e. The zero-order chi connectivity index (χ0) is 16.6. The molecule has 0 radical (unpaired) electrons. The summed E-state index contributed by atoms with van der Waals surface area (Å²) < 4.78 is 0. The largest absolute Gasteiger partial charge is 0.480 e. The molecule has 9 heteroatoms. The summed E-state index contributed by atoms with van der Waals surface area (Å²) in [6.07, 6.45) is 0. The molecule has 0 rings (SSSR count). The Labute approximate surface area is 122 Å². The van der Waals surface area contributed by atoms with E-state index in [-0.39, 0.29) is 19.0 Å². The van der Waals surface area contributed by atoms with Crippen molar-refractivity contribution in [1.82, 2.24) is 16.0 Å². The number of rotatable bonds is 8. The standard InChI is InChI=1S/C12H22N4O5/c1-6(2)10(11(19)15-7(3)12(20)21)16-9(18)5-14-8(17)4-13/h6-7,10H,4-5,13H2,1-3H3,(H,14,17)(H,15,19)(H,16,18)(H,20,21)/t7-,10-/m0/s1. The number of hydrogen-bond donors (Lipinski definition) is 5. The summed E-state index contributed by atoms with van der Waals surface area (Å²) >= 11 is 0. The fourth-order valence-electron chi connectivity index (χ4n) is 1.38. The highest BCUT2D eigenvalue weighted by Gasteiger charge is 2.26. The summed E-state index contributed by atoms with van der Waals surface area (Å²) in [5, 5.41) is 15.7. The maximum absolute atomic E-state index is 11.9. The van der Waals surface area contributed by atoms with Gasteiger partial charge in [-0.1, -0.05) is 13.8 Å². The molecule has 0 spiro atoms. The minimum absolute atomic E-state index is 0.239. The van der Waals surface area contributed by atoms with Crippen molar-refractivity contribution in [3.63, 3.8) is 0 Å². The molecule has 0 saturated heterocycles. The molecule has 6 N–H and O–H groups in total. The van der Waals surface area contributed by atoms with Crippen LogP contribution in [0.3, 0.4) is 0 Å². The van der Waals surface area contributed by atoms with Crippen LogP contribution in [0.4, 0.5) is 0 Å². The number of carboxylic acids is 1. The van der Waals surface area contributed by atoms with Crippen LogP contribution in [0.2, 0.25) is 0 Å². The van der Waals surface area contributed by atoms with Crippen molar-refractivity contribution >= 4 is 23.7 Å². The molecule has 0 fully saturated rings. The van der Waals surface area contributed by atoms with Crippen molar-refractivity contribution in [1.29, 1.82) is 0 Å². The van der Waals surface area contributed by atoms with Crippen LogP contribution in [-0.2, 0) is 19.2 Å². The molecule has 0 heterocycles. The number of amides is 3. The normalized spacial score (nSPS) is 13.2. The Morgan fingerprint density at radius 3 is 2.05 bits per heavy atom. The lowest BCUT2D eigenvalue weighted by Crippen LogP contribution is -2.54. The number of carbonyl (C=O) groups is 4. The Bertz CT molecular complexity index is 410. The topological polar surface area (TPSA) is 151 Å². The van der Waals surface area contributed by atoms with Gasteiger partial charge in [-0.15, -0.1) is 0 Å². The van der Waals surface area contributed by atoms with E-state index in [1.165, 1.54) is 6.92 Å². The van der Waals surface area contributed by atoms with Gasteiger partial charge in [0.2, 0.25) is 17.7 Å². The quantitative estimate of drug-likeness (QED) is 0.343. The second kappa shape index (κ2) is 8.90. The third-order valence-electron chi connectivity index (χ3n) is 2.63. The lowest BCUT2D eigenvalue weighted by Gasteiger charge is -2.23. The smallest absolute Gasteiger partial charge is 0.325 e. The first-order valence-electron chi connectivity index (χ1n) is 6.48. The molecule has 0 bridgehead atoms. The van der Waals surface area contributed by atoms with Gasteiger partial charge in [-0.2, -0.15) is 0 Å². The summed E-state index contributed by atoms with van der Waals surface area (Å²) in [7, 11) is 0. The molecule has 21 heavy (non-hydrogen) atoms.